The third-order valence-corrected chi connectivity index (χ3v) is 4.00. The van der Waals surface area contributed by atoms with Crippen molar-refractivity contribution in [1.29, 1.82) is 0 Å². The van der Waals surface area contributed by atoms with E-state index in [1.165, 1.54) is 32.0 Å². The van der Waals surface area contributed by atoms with Crippen molar-refractivity contribution in [2.75, 3.05) is 33.2 Å². The molecule has 0 saturated carbocycles. The Morgan fingerprint density at radius 2 is 2.00 bits per heavy atom. The molecule has 2 rings (SSSR count). The van der Waals surface area contributed by atoms with Gasteiger partial charge < -0.3 is 20.3 Å². The second-order valence-corrected chi connectivity index (χ2v) is 5.74. The molecule has 0 spiro atoms. The van der Waals surface area contributed by atoms with Gasteiger partial charge in [0.2, 0.25) is 0 Å². The Kier molecular flexibility index (Phi) is 7.74. The molecule has 0 atom stereocenters. The summed E-state index contributed by atoms with van der Waals surface area (Å²) in [4.78, 5) is 6.62. The summed E-state index contributed by atoms with van der Waals surface area (Å²) < 4.78 is 29.4. The van der Waals surface area contributed by atoms with E-state index in [1.807, 2.05) is 0 Å². The molecule has 1 aliphatic heterocycles. The smallest absolute Gasteiger partial charge is 0.387 e. The van der Waals surface area contributed by atoms with Crippen LogP contribution < -0.4 is 15.4 Å². The molecule has 1 heterocycles. The van der Waals surface area contributed by atoms with Crippen LogP contribution in [0.25, 0.3) is 0 Å². The summed E-state index contributed by atoms with van der Waals surface area (Å²) in [5, 5.41) is 6.38. The topological polar surface area (TPSA) is 48.9 Å². The fourth-order valence-electron chi connectivity index (χ4n) is 2.78. The van der Waals surface area contributed by atoms with Gasteiger partial charge in [-0.3, -0.25) is 4.99 Å². The molecule has 0 aliphatic carbocycles. The third-order valence-electron chi connectivity index (χ3n) is 4.00. The summed E-state index contributed by atoms with van der Waals surface area (Å²) in [5.74, 6) is 0.841. The molecule has 7 heteroatoms. The number of para-hydroxylation sites is 1. The monoisotopic (exact) mass is 340 g/mol. The van der Waals surface area contributed by atoms with E-state index < -0.39 is 6.61 Å². The number of alkyl halides is 2. The van der Waals surface area contributed by atoms with Gasteiger partial charge in [-0.15, -0.1) is 0 Å². The van der Waals surface area contributed by atoms with Gasteiger partial charge in [-0.25, -0.2) is 0 Å². The third kappa shape index (κ3) is 6.31. The maximum Gasteiger partial charge on any atom is 0.387 e. The number of halogens is 2. The van der Waals surface area contributed by atoms with Gasteiger partial charge in [0.25, 0.3) is 0 Å². The van der Waals surface area contributed by atoms with Crippen LogP contribution in [-0.2, 0) is 6.54 Å². The highest BCUT2D eigenvalue weighted by Gasteiger charge is 2.11. The standard InChI is InChI=1S/C17H26F2N4O/c1-20-17(21-9-6-12-23-10-4-5-11-23)22-13-14-7-2-3-8-15(14)24-16(18)19/h2-3,7-8,16H,4-6,9-13H2,1H3,(H2,20,21,22). The van der Waals surface area contributed by atoms with Crippen molar-refractivity contribution in [3.8, 4) is 5.75 Å². The molecule has 1 aliphatic rings. The molecular formula is C17H26F2N4O. The summed E-state index contributed by atoms with van der Waals surface area (Å²) in [7, 11) is 1.69. The number of likely N-dealkylation sites (tertiary alicyclic amines) is 1. The minimum atomic E-state index is -2.82. The summed E-state index contributed by atoms with van der Waals surface area (Å²) >= 11 is 0. The molecule has 1 saturated heterocycles. The summed E-state index contributed by atoms with van der Waals surface area (Å²) in [5.41, 5.74) is 0.665. The zero-order chi connectivity index (χ0) is 17.2. The Morgan fingerprint density at radius 3 is 2.71 bits per heavy atom. The molecule has 0 bridgehead atoms. The highest BCUT2D eigenvalue weighted by Crippen LogP contribution is 2.19. The first kappa shape index (κ1) is 18.4. The van der Waals surface area contributed by atoms with Gasteiger partial charge >= 0.3 is 6.61 Å². The molecule has 0 unspecified atom stereocenters. The van der Waals surface area contributed by atoms with Crippen LogP contribution in [0.1, 0.15) is 24.8 Å². The van der Waals surface area contributed by atoms with Crippen LogP contribution in [0.3, 0.4) is 0 Å². The molecular weight excluding hydrogens is 314 g/mol. The predicted octanol–water partition coefficient (Wildman–Crippen LogP) is 2.44. The van der Waals surface area contributed by atoms with E-state index in [2.05, 4.69) is 25.3 Å². The van der Waals surface area contributed by atoms with Gasteiger partial charge in [0.05, 0.1) is 0 Å². The van der Waals surface area contributed by atoms with Crippen LogP contribution in [0.2, 0.25) is 0 Å². The molecule has 0 aromatic heterocycles. The van der Waals surface area contributed by atoms with Crippen LogP contribution >= 0.6 is 0 Å². The van der Waals surface area contributed by atoms with Crippen LogP contribution in [0.15, 0.2) is 29.3 Å². The molecule has 1 aromatic carbocycles. The number of hydrogen-bond donors (Lipinski definition) is 2. The number of guanidine groups is 1. The van der Waals surface area contributed by atoms with E-state index in [4.69, 9.17) is 0 Å². The van der Waals surface area contributed by atoms with E-state index in [1.54, 1.807) is 25.2 Å². The van der Waals surface area contributed by atoms with Gasteiger partial charge in [0, 0.05) is 25.7 Å². The van der Waals surface area contributed by atoms with Gasteiger partial charge in [-0.1, -0.05) is 18.2 Å². The highest BCUT2D eigenvalue weighted by atomic mass is 19.3. The molecule has 134 valence electrons. The van der Waals surface area contributed by atoms with E-state index in [-0.39, 0.29) is 5.75 Å². The molecule has 0 radical (unpaired) electrons. The van der Waals surface area contributed by atoms with E-state index >= 15 is 0 Å². The van der Waals surface area contributed by atoms with E-state index in [9.17, 15) is 8.78 Å². The molecule has 1 aromatic rings. The first-order valence-electron chi connectivity index (χ1n) is 8.38. The zero-order valence-electron chi connectivity index (χ0n) is 14.1. The second-order valence-electron chi connectivity index (χ2n) is 5.74. The summed E-state index contributed by atoms with van der Waals surface area (Å²) in [6.45, 7) is 1.87. The number of hydrogen-bond acceptors (Lipinski definition) is 3. The van der Waals surface area contributed by atoms with Gasteiger partial charge in [-0.2, -0.15) is 8.78 Å². The second kappa shape index (κ2) is 10.1. The van der Waals surface area contributed by atoms with Gasteiger partial charge in [-0.05, 0) is 45.0 Å². The van der Waals surface area contributed by atoms with Crippen molar-refractivity contribution in [3.63, 3.8) is 0 Å². The van der Waals surface area contributed by atoms with Crippen LogP contribution in [0, 0.1) is 0 Å². The highest BCUT2D eigenvalue weighted by molar-refractivity contribution is 5.79. The van der Waals surface area contributed by atoms with Crippen LogP contribution in [0.4, 0.5) is 8.78 Å². The minimum Gasteiger partial charge on any atom is -0.434 e. The number of nitrogens with zero attached hydrogens (tertiary/aromatic N) is 2. The van der Waals surface area contributed by atoms with E-state index in [0.29, 0.717) is 18.1 Å². The molecule has 0 amide bonds. The normalized spacial score (nSPS) is 15.8. The number of nitrogens with one attached hydrogen (secondary N) is 2. The lowest BCUT2D eigenvalue weighted by Crippen LogP contribution is -2.38. The summed E-state index contributed by atoms with van der Waals surface area (Å²) in [6.07, 6.45) is 3.65. The molecule has 1 fully saturated rings. The average molecular weight is 340 g/mol. The van der Waals surface area contributed by atoms with Crippen molar-refractivity contribution in [1.82, 2.24) is 15.5 Å². The Balaban J connectivity index is 1.73. The Hall–Kier alpha value is -1.89. The van der Waals surface area contributed by atoms with Crippen molar-refractivity contribution in [3.05, 3.63) is 29.8 Å². The van der Waals surface area contributed by atoms with Crippen molar-refractivity contribution >= 4 is 5.96 Å². The molecule has 5 nitrogen and oxygen atoms in total. The predicted molar refractivity (Wildman–Crippen MR) is 91.6 cm³/mol. The van der Waals surface area contributed by atoms with Crippen molar-refractivity contribution in [2.24, 2.45) is 4.99 Å². The number of ether oxygens (including phenoxy) is 1. The quantitative estimate of drug-likeness (QED) is 0.434. The fraction of sp³-hybridized carbons (Fsp3) is 0.588. The van der Waals surface area contributed by atoms with Crippen molar-refractivity contribution in [2.45, 2.75) is 32.4 Å². The molecule has 24 heavy (non-hydrogen) atoms. The maximum absolute atomic E-state index is 12.4. The first-order valence-corrected chi connectivity index (χ1v) is 8.38. The summed E-state index contributed by atoms with van der Waals surface area (Å²) in [6, 6.07) is 6.76. The lowest BCUT2D eigenvalue weighted by molar-refractivity contribution is -0.0504. The Morgan fingerprint density at radius 1 is 1.25 bits per heavy atom. The van der Waals surface area contributed by atoms with Gasteiger partial charge in [0.1, 0.15) is 5.75 Å². The first-order chi connectivity index (χ1) is 11.7. The SMILES string of the molecule is CN=C(NCCCN1CCCC1)NCc1ccccc1OC(F)F. The maximum atomic E-state index is 12.4. The number of benzene rings is 1. The van der Waals surface area contributed by atoms with Gasteiger partial charge in [0.15, 0.2) is 5.96 Å². The lowest BCUT2D eigenvalue weighted by Gasteiger charge is -2.16. The largest absolute Gasteiger partial charge is 0.434 e. The van der Waals surface area contributed by atoms with Crippen molar-refractivity contribution < 1.29 is 13.5 Å². The zero-order valence-corrected chi connectivity index (χ0v) is 14.1. The minimum absolute atomic E-state index is 0.185. The van der Waals surface area contributed by atoms with Crippen LogP contribution in [-0.4, -0.2) is 50.7 Å². The molecule has 2 N–H and O–H groups in total. The van der Waals surface area contributed by atoms with Crippen LogP contribution in [0.5, 0.6) is 5.75 Å². The fourth-order valence-corrected chi connectivity index (χ4v) is 2.78. The Bertz CT molecular complexity index is 519. The average Bonchev–Trinajstić information content (AvgIpc) is 3.08. The van der Waals surface area contributed by atoms with E-state index in [0.717, 1.165) is 19.5 Å². The number of rotatable bonds is 8. The Labute approximate surface area is 142 Å². The lowest BCUT2D eigenvalue weighted by atomic mass is 10.2. The number of aliphatic imine (C=N–C) groups is 1.